The Balaban J connectivity index is 1.98. The van der Waals surface area contributed by atoms with Crippen LogP contribution in [0.3, 0.4) is 0 Å². The van der Waals surface area contributed by atoms with Crippen molar-refractivity contribution in [2.45, 2.75) is 26.7 Å². The minimum Gasteiger partial charge on any atom is -0.292 e. The second kappa shape index (κ2) is 6.91. The molecular formula is C19H16N4OS. The molecule has 0 aliphatic carbocycles. The number of aromatic nitrogens is 3. The van der Waals surface area contributed by atoms with Crippen LogP contribution in [-0.2, 0) is 0 Å². The molecule has 2 aromatic heterocycles. The highest BCUT2D eigenvalue weighted by Gasteiger charge is 2.25. The van der Waals surface area contributed by atoms with Gasteiger partial charge >= 0.3 is 0 Å². The first-order valence-electron chi connectivity index (χ1n) is 7.76. The zero-order valence-electron chi connectivity index (χ0n) is 14.1. The van der Waals surface area contributed by atoms with Crippen molar-refractivity contribution in [2.24, 2.45) is 0 Å². The number of carbonyl (C=O) groups excluding carboxylic acids is 1. The van der Waals surface area contributed by atoms with E-state index in [1.165, 1.54) is 11.3 Å². The number of ketones is 1. The molecule has 0 saturated heterocycles. The molecule has 1 aromatic carbocycles. The van der Waals surface area contributed by atoms with Crippen LogP contribution < -0.4 is 0 Å². The lowest BCUT2D eigenvalue weighted by Crippen LogP contribution is -2.15. The second-order valence-corrected chi connectivity index (χ2v) is 6.67. The molecule has 0 spiro atoms. The molecular weight excluding hydrogens is 332 g/mol. The van der Waals surface area contributed by atoms with Gasteiger partial charge in [0.15, 0.2) is 17.5 Å². The lowest BCUT2D eigenvalue weighted by Gasteiger charge is -2.09. The Kier molecular flexibility index (Phi) is 4.68. The molecule has 0 unspecified atom stereocenters. The Hall–Kier alpha value is -2.91. The van der Waals surface area contributed by atoms with Crippen molar-refractivity contribution in [3.63, 3.8) is 0 Å². The van der Waals surface area contributed by atoms with Crippen LogP contribution in [0, 0.1) is 32.1 Å². The van der Waals surface area contributed by atoms with Crippen LogP contribution in [0.5, 0.6) is 0 Å². The predicted molar refractivity (Wildman–Crippen MR) is 96.5 cm³/mol. The van der Waals surface area contributed by atoms with Crippen LogP contribution in [0.2, 0.25) is 0 Å². The van der Waals surface area contributed by atoms with Crippen molar-refractivity contribution in [2.75, 3.05) is 0 Å². The number of rotatable bonds is 4. The van der Waals surface area contributed by atoms with E-state index in [2.05, 4.69) is 15.0 Å². The standard InChI is InChI=1S/C19H16N4OS/c1-11-7-12(2)22-18(21-11)16(9-20)17(24)14-5-4-6-15(8-14)19-23-13(3)10-25-19/h4-8,10,16H,1-3H3/t16-/m1/s1. The normalized spacial score (nSPS) is 11.8. The quantitative estimate of drug-likeness (QED) is 0.665. The van der Waals surface area contributed by atoms with Gasteiger partial charge in [0.1, 0.15) is 5.01 Å². The van der Waals surface area contributed by atoms with Crippen molar-refractivity contribution in [3.8, 4) is 16.6 Å². The third-order valence-electron chi connectivity index (χ3n) is 3.66. The molecule has 3 aromatic rings. The van der Waals surface area contributed by atoms with Crippen molar-refractivity contribution in [3.05, 3.63) is 64.2 Å². The number of carbonyl (C=O) groups is 1. The summed E-state index contributed by atoms with van der Waals surface area (Å²) < 4.78 is 0. The largest absolute Gasteiger partial charge is 0.292 e. The summed E-state index contributed by atoms with van der Waals surface area (Å²) in [6, 6.07) is 11.0. The number of aryl methyl sites for hydroxylation is 3. The molecule has 1 atom stereocenters. The average molecular weight is 348 g/mol. The number of thiazole rings is 1. The van der Waals surface area contributed by atoms with E-state index in [0.29, 0.717) is 5.56 Å². The predicted octanol–water partition coefficient (Wildman–Crippen LogP) is 4.02. The van der Waals surface area contributed by atoms with Crippen molar-refractivity contribution < 1.29 is 4.79 Å². The summed E-state index contributed by atoms with van der Waals surface area (Å²) in [5.74, 6) is -1.07. The Morgan fingerprint density at radius 1 is 1.08 bits per heavy atom. The molecule has 0 aliphatic rings. The zero-order valence-corrected chi connectivity index (χ0v) is 15.0. The van der Waals surface area contributed by atoms with E-state index in [0.717, 1.165) is 27.7 Å². The van der Waals surface area contributed by atoms with Crippen LogP contribution in [-0.4, -0.2) is 20.7 Å². The SMILES string of the molecule is Cc1cc(C)nc([C@H](C#N)C(=O)c2cccc(-c3nc(C)cs3)c2)n1. The van der Waals surface area contributed by atoms with E-state index in [1.807, 2.05) is 44.4 Å². The smallest absolute Gasteiger partial charge is 0.187 e. The summed E-state index contributed by atoms with van der Waals surface area (Å²) in [6.45, 7) is 5.57. The summed E-state index contributed by atoms with van der Waals surface area (Å²) in [4.78, 5) is 25.9. The van der Waals surface area contributed by atoms with E-state index >= 15 is 0 Å². The second-order valence-electron chi connectivity index (χ2n) is 5.81. The molecule has 5 nitrogen and oxygen atoms in total. The summed E-state index contributed by atoms with van der Waals surface area (Å²) in [5.41, 5.74) is 3.74. The maximum atomic E-state index is 12.9. The summed E-state index contributed by atoms with van der Waals surface area (Å²) >= 11 is 1.53. The molecule has 124 valence electrons. The molecule has 0 aliphatic heterocycles. The Bertz CT molecular complexity index is 967. The van der Waals surface area contributed by atoms with Gasteiger partial charge in [-0.25, -0.2) is 15.0 Å². The number of nitrogens with zero attached hydrogens (tertiary/aromatic N) is 4. The minimum atomic E-state index is -1.02. The third kappa shape index (κ3) is 3.62. The zero-order chi connectivity index (χ0) is 18.0. The van der Waals surface area contributed by atoms with E-state index < -0.39 is 5.92 Å². The van der Waals surface area contributed by atoms with Gasteiger partial charge in [0.2, 0.25) is 0 Å². The highest BCUT2D eigenvalue weighted by atomic mass is 32.1. The number of Topliss-reactive ketones (excluding diaryl/α,β-unsaturated/α-hetero) is 1. The van der Waals surface area contributed by atoms with Crippen molar-refractivity contribution in [1.82, 2.24) is 15.0 Å². The lowest BCUT2D eigenvalue weighted by molar-refractivity contribution is 0.0976. The van der Waals surface area contributed by atoms with E-state index in [4.69, 9.17) is 0 Å². The molecule has 25 heavy (non-hydrogen) atoms. The van der Waals surface area contributed by atoms with Gasteiger partial charge in [0.25, 0.3) is 0 Å². The van der Waals surface area contributed by atoms with Crippen molar-refractivity contribution in [1.29, 1.82) is 5.26 Å². The fourth-order valence-electron chi connectivity index (χ4n) is 2.57. The highest BCUT2D eigenvalue weighted by Crippen LogP contribution is 2.26. The Morgan fingerprint density at radius 3 is 2.40 bits per heavy atom. The minimum absolute atomic E-state index is 0.250. The first-order chi connectivity index (χ1) is 12.0. The Morgan fingerprint density at radius 2 is 1.80 bits per heavy atom. The highest BCUT2D eigenvalue weighted by molar-refractivity contribution is 7.13. The number of hydrogen-bond acceptors (Lipinski definition) is 6. The fraction of sp³-hybridized carbons (Fsp3) is 0.211. The summed E-state index contributed by atoms with van der Waals surface area (Å²) in [6.07, 6.45) is 0. The van der Waals surface area contributed by atoms with Crippen LogP contribution in [0.4, 0.5) is 0 Å². The van der Waals surface area contributed by atoms with Gasteiger partial charge in [-0.15, -0.1) is 11.3 Å². The lowest BCUT2D eigenvalue weighted by atomic mass is 9.96. The Labute approximate surface area is 150 Å². The molecule has 0 bridgehead atoms. The van der Waals surface area contributed by atoms with Gasteiger partial charge in [0, 0.05) is 33.6 Å². The molecule has 2 heterocycles. The molecule has 3 rings (SSSR count). The van der Waals surface area contributed by atoms with Gasteiger partial charge in [-0.2, -0.15) is 5.26 Å². The maximum absolute atomic E-state index is 12.9. The van der Waals surface area contributed by atoms with Gasteiger partial charge in [-0.05, 0) is 32.9 Å². The van der Waals surface area contributed by atoms with Gasteiger partial charge in [-0.3, -0.25) is 4.79 Å². The summed E-state index contributed by atoms with van der Waals surface area (Å²) in [7, 11) is 0. The maximum Gasteiger partial charge on any atom is 0.187 e. The topological polar surface area (TPSA) is 79.5 Å². The monoisotopic (exact) mass is 348 g/mol. The van der Waals surface area contributed by atoms with Gasteiger partial charge in [-0.1, -0.05) is 18.2 Å². The molecule has 0 fully saturated rings. The first kappa shape index (κ1) is 16.9. The molecule has 0 N–H and O–H groups in total. The van der Waals surface area contributed by atoms with E-state index in [-0.39, 0.29) is 11.6 Å². The molecule has 0 amide bonds. The average Bonchev–Trinajstić information content (AvgIpc) is 3.01. The van der Waals surface area contributed by atoms with Crippen LogP contribution >= 0.6 is 11.3 Å². The molecule has 0 radical (unpaired) electrons. The number of hydrogen-bond donors (Lipinski definition) is 0. The van der Waals surface area contributed by atoms with Gasteiger partial charge in [0.05, 0.1) is 6.07 Å². The van der Waals surface area contributed by atoms with Crippen LogP contribution in [0.25, 0.3) is 10.6 Å². The third-order valence-corrected chi connectivity index (χ3v) is 4.67. The molecule has 0 saturated carbocycles. The number of nitriles is 1. The van der Waals surface area contributed by atoms with Gasteiger partial charge < -0.3 is 0 Å². The fourth-order valence-corrected chi connectivity index (χ4v) is 3.37. The first-order valence-corrected chi connectivity index (χ1v) is 8.64. The molecule has 6 heteroatoms. The van der Waals surface area contributed by atoms with E-state index in [1.54, 1.807) is 18.2 Å². The number of benzene rings is 1. The van der Waals surface area contributed by atoms with E-state index in [9.17, 15) is 10.1 Å². The summed E-state index contributed by atoms with van der Waals surface area (Å²) in [5, 5.41) is 12.3. The van der Waals surface area contributed by atoms with Crippen LogP contribution in [0.15, 0.2) is 35.7 Å². The van der Waals surface area contributed by atoms with Crippen LogP contribution in [0.1, 0.15) is 39.2 Å². The van der Waals surface area contributed by atoms with Crippen molar-refractivity contribution >= 4 is 17.1 Å².